The molecule has 2 atom stereocenters. The molecule has 1 aromatic heterocycles. The third-order valence-electron chi connectivity index (χ3n) is 4.21. The molecule has 1 amide bonds. The molecule has 1 saturated heterocycles. The standard InChI is InChI=1S/C14H15N3O/c18-14(17-13-10-6-15-7-11(10)13)9-2-1-8-3-4-16-12(8)5-9/h1-5,10-11,13,15-16H,6-7H2,(H,17,18). The lowest BCUT2D eigenvalue weighted by Gasteiger charge is -2.07. The van der Waals surface area contributed by atoms with E-state index in [2.05, 4.69) is 15.6 Å². The first-order valence-corrected chi connectivity index (χ1v) is 6.42. The zero-order valence-electron chi connectivity index (χ0n) is 9.94. The van der Waals surface area contributed by atoms with Crippen LogP contribution in [0.3, 0.4) is 0 Å². The largest absolute Gasteiger partial charge is 0.361 e. The zero-order valence-corrected chi connectivity index (χ0v) is 9.94. The fourth-order valence-corrected chi connectivity index (χ4v) is 3.06. The van der Waals surface area contributed by atoms with Gasteiger partial charge in [-0.25, -0.2) is 0 Å². The number of rotatable bonds is 2. The number of aromatic nitrogens is 1. The van der Waals surface area contributed by atoms with E-state index in [1.54, 1.807) is 0 Å². The second kappa shape index (κ2) is 3.59. The van der Waals surface area contributed by atoms with Gasteiger partial charge in [0.05, 0.1) is 0 Å². The molecule has 1 saturated carbocycles. The smallest absolute Gasteiger partial charge is 0.251 e. The van der Waals surface area contributed by atoms with Crippen molar-refractivity contribution in [2.24, 2.45) is 11.8 Å². The highest BCUT2D eigenvalue weighted by Crippen LogP contribution is 2.41. The topological polar surface area (TPSA) is 56.9 Å². The highest BCUT2D eigenvalue weighted by atomic mass is 16.1. The Kier molecular flexibility index (Phi) is 2.02. The van der Waals surface area contributed by atoms with Crippen LogP contribution < -0.4 is 10.6 Å². The lowest BCUT2D eigenvalue weighted by molar-refractivity contribution is 0.0946. The zero-order chi connectivity index (χ0) is 12.1. The molecule has 4 nitrogen and oxygen atoms in total. The van der Waals surface area contributed by atoms with Gasteiger partial charge < -0.3 is 15.6 Å². The van der Waals surface area contributed by atoms with Gasteiger partial charge in [-0.15, -0.1) is 0 Å². The van der Waals surface area contributed by atoms with Gasteiger partial charge in [-0.3, -0.25) is 4.79 Å². The Hall–Kier alpha value is -1.81. The Labute approximate surface area is 105 Å². The van der Waals surface area contributed by atoms with E-state index in [0.29, 0.717) is 17.9 Å². The third-order valence-corrected chi connectivity index (χ3v) is 4.21. The molecular formula is C14H15N3O. The molecule has 4 rings (SSSR count). The van der Waals surface area contributed by atoms with Crippen LogP contribution in [0, 0.1) is 11.8 Å². The number of piperidine rings is 1. The summed E-state index contributed by atoms with van der Waals surface area (Å²) in [7, 11) is 0. The summed E-state index contributed by atoms with van der Waals surface area (Å²) in [6.45, 7) is 2.09. The van der Waals surface area contributed by atoms with E-state index < -0.39 is 0 Å². The van der Waals surface area contributed by atoms with Crippen molar-refractivity contribution in [3.63, 3.8) is 0 Å². The van der Waals surface area contributed by atoms with Crippen LogP contribution in [0.15, 0.2) is 30.5 Å². The van der Waals surface area contributed by atoms with E-state index in [0.717, 1.165) is 29.6 Å². The van der Waals surface area contributed by atoms with Gasteiger partial charge in [0.15, 0.2) is 0 Å². The molecule has 4 heteroatoms. The summed E-state index contributed by atoms with van der Waals surface area (Å²) in [5.74, 6) is 1.36. The van der Waals surface area contributed by atoms with E-state index in [1.807, 2.05) is 30.5 Å². The average Bonchev–Trinajstić information content (AvgIpc) is 2.82. The summed E-state index contributed by atoms with van der Waals surface area (Å²) >= 11 is 0. The predicted octanol–water partition coefficient (Wildman–Crippen LogP) is 1.12. The molecule has 0 radical (unpaired) electrons. The summed E-state index contributed by atoms with van der Waals surface area (Å²) in [5.41, 5.74) is 1.75. The minimum Gasteiger partial charge on any atom is -0.361 e. The number of hydrogen-bond donors (Lipinski definition) is 3. The predicted molar refractivity (Wildman–Crippen MR) is 69.4 cm³/mol. The number of hydrogen-bond acceptors (Lipinski definition) is 2. The third kappa shape index (κ3) is 1.46. The van der Waals surface area contributed by atoms with Crippen molar-refractivity contribution in [1.29, 1.82) is 0 Å². The Balaban J connectivity index is 1.53. The van der Waals surface area contributed by atoms with Crippen molar-refractivity contribution in [3.8, 4) is 0 Å². The average molecular weight is 241 g/mol. The van der Waals surface area contributed by atoms with Crippen LogP contribution in [0.2, 0.25) is 0 Å². The Morgan fingerprint density at radius 3 is 2.89 bits per heavy atom. The lowest BCUT2D eigenvalue weighted by Crippen LogP contribution is -2.32. The van der Waals surface area contributed by atoms with Gasteiger partial charge in [-0.2, -0.15) is 0 Å². The van der Waals surface area contributed by atoms with Gasteiger partial charge in [-0.05, 0) is 35.4 Å². The van der Waals surface area contributed by atoms with E-state index in [9.17, 15) is 4.79 Å². The van der Waals surface area contributed by atoms with E-state index >= 15 is 0 Å². The van der Waals surface area contributed by atoms with Gasteiger partial charge in [0, 0.05) is 36.4 Å². The number of carbonyl (C=O) groups is 1. The molecule has 2 aliphatic rings. The van der Waals surface area contributed by atoms with E-state index in [1.165, 1.54) is 0 Å². The Morgan fingerprint density at radius 2 is 2.06 bits per heavy atom. The normalized spacial score (nSPS) is 29.2. The van der Waals surface area contributed by atoms with Gasteiger partial charge in [0.25, 0.3) is 5.91 Å². The van der Waals surface area contributed by atoms with Crippen LogP contribution in [-0.2, 0) is 0 Å². The highest BCUT2D eigenvalue weighted by Gasteiger charge is 2.53. The number of H-pyrrole nitrogens is 1. The van der Waals surface area contributed by atoms with E-state index in [-0.39, 0.29) is 5.91 Å². The van der Waals surface area contributed by atoms with Crippen LogP contribution in [0.5, 0.6) is 0 Å². The molecule has 3 N–H and O–H groups in total. The second-order valence-corrected chi connectivity index (χ2v) is 5.26. The number of aromatic amines is 1. The van der Waals surface area contributed by atoms with Crippen LogP contribution in [0.1, 0.15) is 10.4 Å². The fourth-order valence-electron chi connectivity index (χ4n) is 3.06. The molecule has 2 aromatic rings. The monoisotopic (exact) mass is 241 g/mol. The number of nitrogens with one attached hydrogen (secondary N) is 3. The summed E-state index contributed by atoms with van der Waals surface area (Å²) in [4.78, 5) is 15.3. The molecule has 1 aliphatic carbocycles. The van der Waals surface area contributed by atoms with Crippen LogP contribution in [-0.4, -0.2) is 30.0 Å². The Bertz CT molecular complexity index is 608. The molecule has 18 heavy (non-hydrogen) atoms. The van der Waals surface area contributed by atoms with Gasteiger partial charge in [0.1, 0.15) is 0 Å². The highest BCUT2D eigenvalue weighted by molar-refractivity contribution is 5.98. The summed E-state index contributed by atoms with van der Waals surface area (Å²) < 4.78 is 0. The first-order chi connectivity index (χ1) is 8.83. The van der Waals surface area contributed by atoms with Crippen molar-refractivity contribution in [2.45, 2.75) is 6.04 Å². The maximum Gasteiger partial charge on any atom is 0.251 e. The maximum atomic E-state index is 12.1. The minimum absolute atomic E-state index is 0.0471. The molecule has 0 bridgehead atoms. The molecular weight excluding hydrogens is 226 g/mol. The molecule has 92 valence electrons. The van der Waals surface area contributed by atoms with Crippen LogP contribution in [0.4, 0.5) is 0 Å². The van der Waals surface area contributed by atoms with Crippen molar-refractivity contribution >= 4 is 16.8 Å². The number of fused-ring (bicyclic) bond motifs is 2. The lowest BCUT2D eigenvalue weighted by atomic mass is 10.1. The quantitative estimate of drug-likeness (QED) is 0.738. The Morgan fingerprint density at radius 1 is 1.22 bits per heavy atom. The van der Waals surface area contributed by atoms with Crippen LogP contribution >= 0.6 is 0 Å². The molecule has 2 heterocycles. The summed E-state index contributed by atoms with van der Waals surface area (Å²) in [6.07, 6.45) is 1.89. The van der Waals surface area contributed by atoms with Crippen molar-refractivity contribution in [2.75, 3.05) is 13.1 Å². The second-order valence-electron chi connectivity index (χ2n) is 5.26. The summed E-state index contributed by atoms with van der Waals surface area (Å²) in [5, 5.41) is 7.60. The SMILES string of the molecule is O=C(NC1C2CNCC21)c1ccc2cc[nH]c2c1. The van der Waals surface area contributed by atoms with Gasteiger partial charge in [-0.1, -0.05) is 6.07 Å². The molecule has 1 aliphatic heterocycles. The van der Waals surface area contributed by atoms with Gasteiger partial charge >= 0.3 is 0 Å². The molecule has 2 fully saturated rings. The maximum absolute atomic E-state index is 12.1. The van der Waals surface area contributed by atoms with Crippen molar-refractivity contribution in [3.05, 3.63) is 36.0 Å². The van der Waals surface area contributed by atoms with Gasteiger partial charge in [0.2, 0.25) is 0 Å². The molecule has 2 unspecified atom stereocenters. The molecule has 1 aromatic carbocycles. The van der Waals surface area contributed by atoms with E-state index in [4.69, 9.17) is 0 Å². The number of benzene rings is 1. The minimum atomic E-state index is 0.0471. The first kappa shape index (κ1) is 10.1. The molecule has 0 spiro atoms. The fraction of sp³-hybridized carbons (Fsp3) is 0.357. The number of amides is 1. The van der Waals surface area contributed by atoms with Crippen molar-refractivity contribution < 1.29 is 4.79 Å². The van der Waals surface area contributed by atoms with Crippen LogP contribution in [0.25, 0.3) is 10.9 Å². The number of carbonyl (C=O) groups excluding carboxylic acids is 1. The van der Waals surface area contributed by atoms with Crippen molar-refractivity contribution in [1.82, 2.24) is 15.6 Å². The summed E-state index contributed by atoms with van der Waals surface area (Å²) in [6, 6.07) is 8.19. The first-order valence-electron chi connectivity index (χ1n) is 6.42.